The molecular formula is C28H35FN2O3. The third-order valence-electron chi connectivity index (χ3n) is 7.62. The summed E-state index contributed by atoms with van der Waals surface area (Å²) in [7, 11) is 0. The number of piperidine rings is 3. The van der Waals surface area contributed by atoms with Crippen LogP contribution in [0.5, 0.6) is 5.75 Å². The van der Waals surface area contributed by atoms with E-state index in [4.69, 9.17) is 9.47 Å². The number of benzene rings is 2. The average molecular weight is 467 g/mol. The Hall–Kier alpha value is -2.60. The number of amides is 1. The molecular weight excluding hydrogens is 431 g/mol. The van der Waals surface area contributed by atoms with Crippen LogP contribution in [0.3, 0.4) is 0 Å². The monoisotopic (exact) mass is 466 g/mol. The van der Waals surface area contributed by atoms with Crippen LogP contribution in [0, 0.1) is 17.2 Å². The van der Waals surface area contributed by atoms with Crippen molar-refractivity contribution in [3.63, 3.8) is 0 Å². The van der Waals surface area contributed by atoms with Crippen molar-refractivity contribution < 1.29 is 18.7 Å². The summed E-state index contributed by atoms with van der Waals surface area (Å²) in [6.45, 7) is 11.3. The van der Waals surface area contributed by atoms with Crippen LogP contribution < -0.4 is 10.1 Å². The molecule has 0 saturated carbocycles. The van der Waals surface area contributed by atoms with Crippen molar-refractivity contribution in [3.05, 3.63) is 53.3 Å². The van der Waals surface area contributed by atoms with Crippen molar-refractivity contribution in [2.75, 3.05) is 19.6 Å². The molecule has 34 heavy (non-hydrogen) atoms. The highest BCUT2D eigenvalue weighted by Crippen LogP contribution is 2.46. The third kappa shape index (κ3) is 4.52. The first-order valence-corrected chi connectivity index (χ1v) is 12.5. The lowest BCUT2D eigenvalue weighted by molar-refractivity contribution is -0.0348. The van der Waals surface area contributed by atoms with Crippen molar-refractivity contribution in [1.29, 1.82) is 0 Å². The van der Waals surface area contributed by atoms with Crippen LogP contribution in [-0.2, 0) is 11.2 Å². The number of fused-ring (bicyclic) bond motifs is 4. The Balaban J connectivity index is 1.34. The van der Waals surface area contributed by atoms with E-state index in [1.54, 1.807) is 12.1 Å². The Kier molecular flexibility index (Phi) is 6.05. The molecule has 2 aromatic carbocycles. The van der Waals surface area contributed by atoms with Gasteiger partial charge in [0, 0.05) is 12.1 Å². The number of nitrogens with one attached hydrogen (secondary N) is 1. The number of alkyl carbamates (subject to hydrolysis) is 1. The third-order valence-corrected chi connectivity index (χ3v) is 7.62. The maximum absolute atomic E-state index is 14.7. The summed E-state index contributed by atoms with van der Waals surface area (Å²) in [5.41, 5.74) is 3.38. The highest BCUT2D eigenvalue weighted by Gasteiger charge is 2.42. The zero-order valence-corrected chi connectivity index (χ0v) is 20.6. The SMILES string of the molecule is CC(C)Oc1ccc(F)c(-c2ccc3c(c2)CC(C)(C)C3NC(=O)O[C@H]2CN3CCC2CC3)c1. The van der Waals surface area contributed by atoms with Gasteiger partial charge < -0.3 is 14.8 Å². The Labute approximate surface area is 201 Å². The number of rotatable bonds is 5. The molecule has 1 aliphatic carbocycles. The van der Waals surface area contributed by atoms with E-state index < -0.39 is 0 Å². The van der Waals surface area contributed by atoms with Gasteiger partial charge in [-0.2, -0.15) is 0 Å². The summed E-state index contributed by atoms with van der Waals surface area (Å²) in [5.74, 6) is 0.860. The second-order valence-electron chi connectivity index (χ2n) is 11.0. The van der Waals surface area contributed by atoms with E-state index in [1.165, 1.54) is 6.07 Å². The summed E-state index contributed by atoms with van der Waals surface area (Å²) >= 11 is 0. The van der Waals surface area contributed by atoms with Crippen molar-refractivity contribution in [1.82, 2.24) is 10.2 Å². The minimum absolute atomic E-state index is 0.0165. The first-order chi connectivity index (χ1) is 16.2. The quantitative estimate of drug-likeness (QED) is 0.612. The molecule has 2 bridgehead atoms. The summed E-state index contributed by atoms with van der Waals surface area (Å²) in [5, 5.41) is 3.16. The van der Waals surface area contributed by atoms with Gasteiger partial charge in [0.2, 0.25) is 0 Å². The lowest BCUT2D eigenvalue weighted by Crippen LogP contribution is -2.53. The lowest BCUT2D eigenvalue weighted by atomic mass is 9.85. The van der Waals surface area contributed by atoms with Crippen molar-refractivity contribution in [3.8, 4) is 16.9 Å². The molecule has 0 radical (unpaired) electrons. The van der Waals surface area contributed by atoms with Crippen LogP contribution in [0.4, 0.5) is 9.18 Å². The van der Waals surface area contributed by atoms with Crippen LogP contribution >= 0.6 is 0 Å². The number of halogens is 1. The van der Waals surface area contributed by atoms with Crippen molar-refractivity contribution >= 4 is 6.09 Å². The van der Waals surface area contributed by atoms with Gasteiger partial charge in [0.1, 0.15) is 17.7 Å². The molecule has 0 aromatic heterocycles. The van der Waals surface area contributed by atoms with Gasteiger partial charge in [-0.3, -0.25) is 4.90 Å². The molecule has 1 unspecified atom stereocenters. The van der Waals surface area contributed by atoms with E-state index in [9.17, 15) is 9.18 Å². The van der Waals surface area contributed by atoms with E-state index in [0.29, 0.717) is 17.2 Å². The number of carbonyl (C=O) groups excluding carboxylic acids is 1. The van der Waals surface area contributed by atoms with E-state index in [0.717, 1.165) is 55.6 Å². The first kappa shape index (κ1) is 23.2. The van der Waals surface area contributed by atoms with E-state index in [1.807, 2.05) is 26.0 Å². The van der Waals surface area contributed by atoms with Crippen molar-refractivity contribution in [2.24, 2.45) is 11.3 Å². The van der Waals surface area contributed by atoms with Crippen molar-refractivity contribution in [2.45, 2.75) is 65.2 Å². The Bertz CT molecular complexity index is 1080. The fraction of sp³-hybridized carbons (Fsp3) is 0.536. The zero-order valence-electron chi connectivity index (χ0n) is 20.6. The van der Waals surface area contributed by atoms with Gasteiger partial charge in [-0.15, -0.1) is 0 Å². The van der Waals surface area contributed by atoms with Crippen LogP contribution in [0.2, 0.25) is 0 Å². The minimum atomic E-state index is -0.335. The number of nitrogens with zero attached hydrogens (tertiary/aromatic N) is 1. The summed E-state index contributed by atoms with van der Waals surface area (Å²) < 4.78 is 26.4. The predicted molar refractivity (Wildman–Crippen MR) is 130 cm³/mol. The summed E-state index contributed by atoms with van der Waals surface area (Å²) in [4.78, 5) is 15.3. The number of ether oxygens (including phenoxy) is 2. The van der Waals surface area contributed by atoms with Crippen LogP contribution in [-0.4, -0.2) is 42.8 Å². The van der Waals surface area contributed by atoms with Gasteiger partial charge in [-0.1, -0.05) is 32.0 Å². The Morgan fingerprint density at radius 2 is 1.91 bits per heavy atom. The molecule has 2 atom stereocenters. The average Bonchev–Trinajstić information content (AvgIpc) is 3.04. The fourth-order valence-corrected chi connectivity index (χ4v) is 5.90. The topological polar surface area (TPSA) is 50.8 Å². The van der Waals surface area contributed by atoms with Crippen LogP contribution in [0.25, 0.3) is 11.1 Å². The molecule has 0 spiro atoms. The van der Waals surface area contributed by atoms with Gasteiger partial charge in [0.05, 0.1) is 12.1 Å². The van der Waals surface area contributed by atoms with Gasteiger partial charge in [0.25, 0.3) is 0 Å². The standard InChI is InChI=1S/C28H35FN2O3/c1-17(2)33-21-6-8-24(29)23(14-21)19-5-7-22-20(13-19)15-28(3,4)26(22)30-27(32)34-25-16-31-11-9-18(25)10-12-31/h5-8,13-14,17-18,25-26H,9-12,15-16H2,1-4H3,(H,30,32)/t25-,26?/m0/s1. The summed E-state index contributed by atoms with van der Waals surface area (Å²) in [6.07, 6.45) is 2.68. The molecule has 1 N–H and O–H groups in total. The fourth-order valence-electron chi connectivity index (χ4n) is 5.90. The maximum atomic E-state index is 14.7. The number of carbonyl (C=O) groups is 1. The largest absolute Gasteiger partial charge is 0.491 e. The molecule has 3 heterocycles. The molecule has 3 aliphatic heterocycles. The van der Waals surface area contributed by atoms with Gasteiger partial charge in [0.15, 0.2) is 0 Å². The summed E-state index contributed by atoms with van der Waals surface area (Å²) in [6, 6.07) is 10.7. The van der Waals surface area contributed by atoms with E-state index >= 15 is 0 Å². The molecule has 1 amide bonds. The van der Waals surface area contributed by atoms with Gasteiger partial charge in [-0.25, -0.2) is 9.18 Å². The molecule has 4 aliphatic rings. The van der Waals surface area contributed by atoms with E-state index in [-0.39, 0.29) is 35.6 Å². The number of hydrogen-bond donors (Lipinski definition) is 1. The highest BCUT2D eigenvalue weighted by molar-refractivity contribution is 5.71. The molecule has 3 saturated heterocycles. The molecule has 5 nitrogen and oxygen atoms in total. The van der Waals surface area contributed by atoms with Gasteiger partial charge >= 0.3 is 6.09 Å². The first-order valence-electron chi connectivity index (χ1n) is 12.5. The molecule has 2 aromatic rings. The van der Waals surface area contributed by atoms with Gasteiger partial charge in [-0.05, 0) is 92.4 Å². The zero-order chi connectivity index (χ0) is 24.0. The Morgan fingerprint density at radius 3 is 2.59 bits per heavy atom. The maximum Gasteiger partial charge on any atom is 0.407 e. The second kappa shape index (κ2) is 8.88. The van der Waals surface area contributed by atoms with E-state index in [2.05, 4.69) is 30.1 Å². The molecule has 6 heteroatoms. The minimum Gasteiger partial charge on any atom is -0.491 e. The smallest absolute Gasteiger partial charge is 0.407 e. The van der Waals surface area contributed by atoms with Crippen LogP contribution in [0.15, 0.2) is 36.4 Å². The number of hydrogen-bond acceptors (Lipinski definition) is 4. The lowest BCUT2D eigenvalue weighted by Gasteiger charge is -2.44. The molecule has 182 valence electrons. The van der Waals surface area contributed by atoms with Crippen LogP contribution in [0.1, 0.15) is 57.7 Å². The second-order valence-corrected chi connectivity index (χ2v) is 11.0. The normalized spacial score (nSPS) is 26.9. The predicted octanol–water partition coefficient (Wildman–Crippen LogP) is 5.72. The highest BCUT2D eigenvalue weighted by atomic mass is 19.1. The molecule has 3 fully saturated rings. The Morgan fingerprint density at radius 1 is 1.15 bits per heavy atom. The molecule has 6 rings (SSSR count).